The van der Waals surface area contributed by atoms with Gasteiger partial charge in [-0.3, -0.25) is 9.79 Å². The Morgan fingerprint density at radius 1 is 1.02 bits per heavy atom. The Labute approximate surface area is 273 Å². The molecule has 2 saturated heterocycles. The summed E-state index contributed by atoms with van der Waals surface area (Å²) < 4.78 is 39.9. The lowest BCUT2D eigenvalue weighted by atomic mass is 9.77. The highest BCUT2D eigenvalue weighted by Crippen LogP contribution is 2.37. The van der Waals surface area contributed by atoms with Crippen molar-refractivity contribution >= 4 is 11.7 Å². The van der Waals surface area contributed by atoms with Gasteiger partial charge >= 0.3 is 0 Å². The van der Waals surface area contributed by atoms with E-state index in [0.717, 1.165) is 0 Å². The predicted molar refractivity (Wildman–Crippen MR) is 166 cm³/mol. The molecule has 274 valence electrons. The molecule has 47 heavy (non-hydrogen) atoms. The van der Waals surface area contributed by atoms with Crippen LogP contribution in [-0.2, 0) is 23.7 Å². The molecule has 0 radical (unpaired) electrons. The van der Waals surface area contributed by atoms with Crippen molar-refractivity contribution < 1.29 is 53.7 Å². The number of nitrogens with two attached hydrogens (primary N) is 6. The molecule has 3 aliphatic rings. The molecule has 18 nitrogen and oxygen atoms in total. The summed E-state index contributed by atoms with van der Waals surface area (Å²) >= 11 is 0. The number of halogens is 1. The third-order valence-electron chi connectivity index (χ3n) is 8.85. The number of carbonyl (C=O) groups excluding carboxylic acids is 1. The lowest BCUT2D eigenvalue weighted by molar-refractivity contribution is -0.315. The highest BCUT2D eigenvalue weighted by Gasteiger charge is 2.52. The largest absolute Gasteiger partial charge is 0.394 e. The highest BCUT2D eigenvalue weighted by molar-refractivity contribution is 5.83. The molecule has 3 fully saturated rings. The van der Waals surface area contributed by atoms with Crippen molar-refractivity contribution in [2.45, 2.75) is 131 Å². The second-order valence-corrected chi connectivity index (χ2v) is 12.7. The van der Waals surface area contributed by atoms with Crippen molar-refractivity contribution in [1.82, 2.24) is 5.32 Å². The number of nitrogens with one attached hydrogen (secondary N) is 1. The van der Waals surface area contributed by atoms with Gasteiger partial charge in [-0.25, -0.2) is 4.39 Å². The Morgan fingerprint density at radius 2 is 1.68 bits per heavy atom. The van der Waals surface area contributed by atoms with Crippen LogP contribution in [0.15, 0.2) is 4.99 Å². The van der Waals surface area contributed by atoms with Crippen LogP contribution in [0.5, 0.6) is 0 Å². The van der Waals surface area contributed by atoms with Crippen molar-refractivity contribution in [3.8, 4) is 0 Å². The summed E-state index contributed by atoms with van der Waals surface area (Å²) in [5, 5.41) is 55.2. The molecule has 0 aromatic carbocycles. The standard InChI is InChI=1S/C28H55FN8O10/c1-11(32)3-5-36-28(35)37-21-22(42)19(10-38)45-27(23(21)43)46-24-12(7-16(40)15(39)2-4-30)6-13(33)25(20(24)29)47-26-14(34)8-17(41)18(9-31)44-26/h11-15,17-27,38-39,41-43H,2-10,30-34H2,1H3,(H3,35,36,37)/t11-,12+,13?,14?,15+,17+,18?,19-,20-,21?,22-,23-,24?,25-,26-,27?/m1/s1. The van der Waals surface area contributed by atoms with Crippen molar-refractivity contribution in [3.05, 3.63) is 0 Å². The Morgan fingerprint density at radius 3 is 2.30 bits per heavy atom. The number of carbonyl (C=O) groups is 1. The molecule has 19 heteroatoms. The van der Waals surface area contributed by atoms with Crippen LogP contribution in [0.3, 0.4) is 0 Å². The number of aliphatic hydroxyl groups is 5. The Kier molecular flexibility index (Phi) is 15.5. The van der Waals surface area contributed by atoms with E-state index in [1.807, 2.05) is 0 Å². The van der Waals surface area contributed by atoms with E-state index < -0.39 is 104 Å². The summed E-state index contributed by atoms with van der Waals surface area (Å²) in [5.74, 6) is -1.69. The number of hydrogen-bond donors (Lipinski definition) is 12. The summed E-state index contributed by atoms with van der Waals surface area (Å²) in [6.07, 6.45) is -15.3. The van der Waals surface area contributed by atoms with E-state index in [-0.39, 0.29) is 57.3 Å². The number of aliphatic hydroxyl groups excluding tert-OH is 5. The van der Waals surface area contributed by atoms with Gasteiger partial charge in [-0.15, -0.1) is 0 Å². The predicted octanol–water partition coefficient (Wildman–Crippen LogP) is -5.68. The lowest BCUT2D eigenvalue weighted by Gasteiger charge is -2.48. The molecular formula is C28H55FN8O10. The van der Waals surface area contributed by atoms with Crippen molar-refractivity contribution in [2.24, 2.45) is 45.3 Å². The van der Waals surface area contributed by atoms with E-state index in [0.29, 0.717) is 6.42 Å². The van der Waals surface area contributed by atoms with Crippen molar-refractivity contribution in [1.29, 1.82) is 0 Å². The molecule has 1 saturated carbocycles. The normalized spacial score (nSPS) is 41.3. The smallest absolute Gasteiger partial charge is 0.188 e. The SMILES string of the molecule is C[C@@H](N)CCN=C(N)NC1[C@@H](O)C(OC2[C@H](CC(=O)[C@@H](O)CCN)CC(N)[C@@H](O[C@H]3OC(CN)[C@@H](O)CC3N)[C@@H]2F)O[C@H](CO)[C@H]1O. The minimum Gasteiger partial charge on any atom is -0.394 e. The fourth-order valence-electron chi connectivity index (χ4n) is 6.11. The van der Waals surface area contributed by atoms with E-state index in [4.69, 9.17) is 53.3 Å². The van der Waals surface area contributed by atoms with Crippen LogP contribution in [0.25, 0.3) is 0 Å². The molecule has 0 amide bonds. The van der Waals surface area contributed by atoms with E-state index >= 15 is 4.39 Å². The first-order valence-corrected chi connectivity index (χ1v) is 16.1. The molecule has 2 heterocycles. The van der Waals surface area contributed by atoms with Gasteiger partial charge < -0.3 is 84.2 Å². The van der Waals surface area contributed by atoms with Crippen molar-refractivity contribution in [2.75, 3.05) is 26.2 Å². The quantitative estimate of drug-likeness (QED) is 0.0565. The molecule has 3 rings (SSSR count). The van der Waals surface area contributed by atoms with Gasteiger partial charge in [-0.2, -0.15) is 0 Å². The van der Waals surface area contributed by atoms with Gasteiger partial charge in [-0.05, 0) is 45.1 Å². The maximum Gasteiger partial charge on any atom is 0.188 e. The zero-order chi connectivity index (χ0) is 35.0. The molecule has 1 aliphatic carbocycles. The van der Waals surface area contributed by atoms with E-state index in [9.17, 15) is 30.3 Å². The number of ketones is 1. The monoisotopic (exact) mass is 682 g/mol. The summed E-state index contributed by atoms with van der Waals surface area (Å²) in [5.41, 5.74) is 35.4. The van der Waals surface area contributed by atoms with Crippen LogP contribution < -0.4 is 39.7 Å². The lowest BCUT2D eigenvalue weighted by Crippen LogP contribution is -2.67. The van der Waals surface area contributed by atoms with Gasteiger partial charge in [0.15, 0.2) is 30.5 Å². The van der Waals surface area contributed by atoms with Crippen LogP contribution in [0.1, 0.15) is 39.0 Å². The number of nitrogens with zero attached hydrogens (tertiary/aromatic N) is 1. The third-order valence-corrected chi connectivity index (χ3v) is 8.85. The molecule has 18 N–H and O–H groups in total. The first-order chi connectivity index (χ1) is 22.2. The number of ether oxygens (including phenoxy) is 4. The van der Waals surface area contributed by atoms with Crippen LogP contribution >= 0.6 is 0 Å². The zero-order valence-corrected chi connectivity index (χ0v) is 26.7. The van der Waals surface area contributed by atoms with Crippen molar-refractivity contribution in [3.63, 3.8) is 0 Å². The van der Waals surface area contributed by atoms with Gasteiger partial charge in [0.1, 0.15) is 30.5 Å². The summed E-state index contributed by atoms with van der Waals surface area (Å²) in [6, 6.07) is -3.27. The Hall–Kier alpha value is -1.69. The van der Waals surface area contributed by atoms with Gasteiger partial charge in [0.2, 0.25) is 0 Å². The maximum absolute atomic E-state index is 16.6. The first kappa shape index (κ1) is 39.7. The molecule has 16 atom stereocenters. The second-order valence-electron chi connectivity index (χ2n) is 12.7. The average molecular weight is 683 g/mol. The number of alkyl halides is 1. The van der Waals surface area contributed by atoms with Crippen LogP contribution in [0.2, 0.25) is 0 Å². The zero-order valence-electron chi connectivity index (χ0n) is 26.7. The minimum absolute atomic E-state index is 0.0139. The first-order valence-electron chi connectivity index (χ1n) is 16.1. The number of Topliss-reactive ketones (excluding diaryl/α,β-unsaturated/α-hetero) is 1. The minimum atomic E-state index is -2.06. The number of rotatable bonds is 15. The summed E-state index contributed by atoms with van der Waals surface area (Å²) in [4.78, 5) is 17.0. The highest BCUT2D eigenvalue weighted by atomic mass is 19.1. The molecular weight excluding hydrogens is 627 g/mol. The topological polar surface area (TPSA) is 336 Å². The fourth-order valence-corrected chi connectivity index (χ4v) is 6.11. The third kappa shape index (κ3) is 10.4. The second kappa shape index (κ2) is 18.3. The number of guanidine groups is 1. The van der Waals surface area contributed by atoms with Gasteiger partial charge in [0, 0.05) is 31.6 Å². The van der Waals surface area contributed by atoms with Crippen LogP contribution in [0, 0.1) is 5.92 Å². The summed E-state index contributed by atoms with van der Waals surface area (Å²) in [7, 11) is 0. The summed E-state index contributed by atoms with van der Waals surface area (Å²) in [6.45, 7) is 1.34. The maximum atomic E-state index is 16.6. The van der Waals surface area contributed by atoms with Crippen LogP contribution in [-0.4, -0.2) is 155 Å². The fraction of sp³-hybridized carbons (Fsp3) is 0.929. The molecule has 0 spiro atoms. The van der Waals surface area contributed by atoms with E-state index in [1.54, 1.807) is 6.92 Å². The molecule has 2 aliphatic heterocycles. The molecule has 0 bridgehead atoms. The van der Waals surface area contributed by atoms with Crippen LogP contribution in [0.4, 0.5) is 4.39 Å². The van der Waals surface area contributed by atoms with Gasteiger partial charge in [-0.1, -0.05) is 0 Å². The average Bonchev–Trinajstić information content (AvgIpc) is 3.01. The molecule has 0 aromatic rings. The Balaban J connectivity index is 1.86. The van der Waals surface area contributed by atoms with Gasteiger partial charge in [0.25, 0.3) is 0 Å². The van der Waals surface area contributed by atoms with Gasteiger partial charge in [0.05, 0.1) is 37.0 Å². The molecule has 6 unspecified atom stereocenters. The molecule has 0 aromatic heterocycles. The Bertz CT molecular complexity index is 1010. The van der Waals surface area contributed by atoms with E-state index in [2.05, 4.69) is 10.3 Å². The number of aliphatic imine (C=N–C) groups is 1. The number of hydrogen-bond acceptors (Lipinski definition) is 16. The van der Waals surface area contributed by atoms with E-state index in [1.165, 1.54) is 0 Å².